The molecule has 6 nitrogen and oxygen atoms in total. The minimum Gasteiger partial charge on any atom is -0.367 e. The molecule has 0 bridgehead atoms. The summed E-state index contributed by atoms with van der Waals surface area (Å²) in [7, 11) is 0. The summed E-state index contributed by atoms with van der Waals surface area (Å²) in [5.41, 5.74) is 1.48. The largest absolute Gasteiger partial charge is 0.367 e. The number of aryl methyl sites for hydroxylation is 1. The minimum absolute atomic E-state index is 0.344. The second-order valence-electron chi connectivity index (χ2n) is 7.03. The molecule has 25 heavy (non-hydrogen) atoms. The molecule has 2 aromatic rings. The molecular weight excluding hydrogens is 320 g/mol. The van der Waals surface area contributed by atoms with E-state index < -0.39 is 6.29 Å². The molecule has 2 fully saturated rings. The van der Waals surface area contributed by atoms with Gasteiger partial charge in [0.1, 0.15) is 5.82 Å². The van der Waals surface area contributed by atoms with Gasteiger partial charge in [-0.1, -0.05) is 6.07 Å². The van der Waals surface area contributed by atoms with Gasteiger partial charge in [0.2, 0.25) is 0 Å². The number of aliphatic hydroxyl groups is 2. The summed E-state index contributed by atoms with van der Waals surface area (Å²) >= 11 is 0. The topological polar surface area (TPSA) is 83.8 Å². The van der Waals surface area contributed by atoms with Crippen molar-refractivity contribution in [3.63, 3.8) is 0 Å². The van der Waals surface area contributed by atoms with Crippen LogP contribution in [0.15, 0.2) is 24.4 Å². The van der Waals surface area contributed by atoms with E-state index in [1.54, 1.807) is 12.1 Å². The first-order valence-corrected chi connectivity index (χ1v) is 8.86. The Bertz CT molecular complexity index is 761. The number of anilines is 1. The van der Waals surface area contributed by atoms with Crippen molar-refractivity contribution >= 4 is 16.6 Å². The van der Waals surface area contributed by atoms with Crippen LogP contribution in [0.2, 0.25) is 0 Å². The first-order valence-electron chi connectivity index (χ1n) is 8.86. The average Bonchev–Trinajstić information content (AvgIpc) is 3.05. The Labute approximate surface area is 146 Å². The molecule has 0 amide bonds. The number of nitrogens with one attached hydrogen (secondary N) is 1. The van der Waals surface area contributed by atoms with Gasteiger partial charge in [-0.15, -0.1) is 0 Å². The standard InChI is InChI=1S/C19H24N2O4/c1-12-8-14(18(22)23)9-13-10-17(20-11-16(12)13)21-15-2-4-19(5-3-15)24-6-7-25-19/h8-11,15,18,22-23H,2-7H2,1H3,(H,20,21). The predicted molar refractivity (Wildman–Crippen MR) is 94.2 cm³/mol. The molecule has 2 heterocycles. The fraction of sp³-hybridized carbons (Fsp3) is 0.526. The van der Waals surface area contributed by atoms with Gasteiger partial charge in [0.15, 0.2) is 12.1 Å². The molecule has 1 aromatic heterocycles. The number of hydrogen-bond donors (Lipinski definition) is 3. The third-order valence-electron chi connectivity index (χ3n) is 5.28. The van der Waals surface area contributed by atoms with E-state index in [4.69, 9.17) is 9.47 Å². The smallest absolute Gasteiger partial charge is 0.178 e. The zero-order valence-electron chi connectivity index (χ0n) is 14.4. The van der Waals surface area contributed by atoms with Crippen LogP contribution in [-0.2, 0) is 9.47 Å². The van der Waals surface area contributed by atoms with Gasteiger partial charge in [0.25, 0.3) is 0 Å². The number of hydrogen-bond acceptors (Lipinski definition) is 6. The lowest BCUT2D eigenvalue weighted by atomic mass is 9.90. The van der Waals surface area contributed by atoms with Crippen molar-refractivity contribution in [1.82, 2.24) is 4.98 Å². The van der Waals surface area contributed by atoms with Crippen molar-refractivity contribution in [2.24, 2.45) is 0 Å². The lowest BCUT2D eigenvalue weighted by Gasteiger charge is -2.35. The van der Waals surface area contributed by atoms with Crippen LogP contribution in [0.25, 0.3) is 10.8 Å². The number of fused-ring (bicyclic) bond motifs is 1. The maximum atomic E-state index is 9.44. The molecule has 134 valence electrons. The van der Waals surface area contributed by atoms with Crippen LogP contribution >= 0.6 is 0 Å². The third-order valence-corrected chi connectivity index (χ3v) is 5.28. The van der Waals surface area contributed by atoms with Crippen LogP contribution < -0.4 is 5.32 Å². The molecule has 6 heteroatoms. The van der Waals surface area contributed by atoms with Gasteiger partial charge in [-0.25, -0.2) is 4.98 Å². The monoisotopic (exact) mass is 344 g/mol. The molecule has 3 N–H and O–H groups in total. The molecule has 1 aromatic carbocycles. The number of aromatic nitrogens is 1. The second kappa shape index (κ2) is 6.53. The zero-order chi connectivity index (χ0) is 17.4. The fourth-order valence-corrected chi connectivity index (χ4v) is 3.89. The van der Waals surface area contributed by atoms with E-state index in [-0.39, 0.29) is 5.79 Å². The summed E-state index contributed by atoms with van der Waals surface area (Å²) in [5.74, 6) is 0.462. The molecule has 0 unspecified atom stereocenters. The highest BCUT2D eigenvalue weighted by molar-refractivity contribution is 5.87. The molecule has 1 aliphatic carbocycles. The molecule has 0 radical (unpaired) electrons. The molecule has 2 aliphatic rings. The van der Waals surface area contributed by atoms with Gasteiger partial charge >= 0.3 is 0 Å². The summed E-state index contributed by atoms with van der Waals surface area (Å²) in [6.45, 7) is 3.34. The highest BCUT2D eigenvalue weighted by Crippen LogP contribution is 2.36. The molecular formula is C19H24N2O4. The van der Waals surface area contributed by atoms with Crippen molar-refractivity contribution < 1.29 is 19.7 Å². The Morgan fingerprint density at radius 2 is 1.88 bits per heavy atom. The SMILES string of the molecule is Cc1cc(C(O)O)cc2cc(NC3CCC4(CC3)OCCO4)ncc12. The summed E-state index contributed by atoms with van der Waals surface area (Å²) in [6.07, 6.45) is 4.14. The Balaban J connectivity index is 1.50. The Hall–Kier alpha value is -1.73. The Kier molecular flexibility index (Phi) is 4.37. The summed E-state index contributed by atoms with van der Waals surface area (Å²) < 4.78 is 11.5. The maximum Gasteiger partial charge on any atom is 0.178 e. The van der Waals surface area contributed by atoms with Gasteiger partial charge in [-0.3, -0.25) is 0 Å². The number of ether oxygens (including phenoxy) is 2. The molecule has 1 aliphatic heterocycles. The highest BCUT2D eigenvalue weighted by atomic mass is 16.7. The Morgan fingerprint density at radius 1 is 1.16 bits per heavy atom. The average molecular weight is 344 g/mol. The first kappa shape index (κ1) is 16.7. The zero-order valence-corrected chi connectivity index (χ0v) is 14.4. The number of aliphatic hydroxyl groups excluding tert-OH is 1. The molecule has 0 atom stereocenters. The molecule has 1 spiro atoms. The maximum absolute atomic E-state index is 9.44. The van der Waals surface area contributed by atoms with Crippen molar-refractivity contribution in [3.05, 3.63) is 35.5 Å². The predicted octanol–water partition coefficient (Wildman–Crippen LogP) is 2.62. The van der Waals surface area contributed by atoms with E-state index in [0.29, 0.717) is 24.8 Å². The lowest BCUT2D eigenvalue weighted by molar-refractivity contribution is -0.177. The van der Waals surface area contributed by atoms with Crippen LogP contribution in [0.4, 0.5) is 5.82 Å². The van der Waals surface area contributed by atoms with E-state index in [0.717, 1.165) is 47.8 Å². The molecule has 1 saturated heterocycles. The first-order chi connectivity index (χ1) is 12.0. The van der Waals surface area contributed by atoms with Crippen LogP contribution in [0, 0.1) is 6.92 Å². The molecule has 4 rings (SSSR count). The number of nitrogens with zero attached hydrogens (tertiary/aromatic N) is 1. The molecule has 1 saturated carbocycles. The quantitative estimate of drug-likeness (QED) is 0.743. The number of benzene rings is 1. The minimum atomic E-state index is -1.46. The second-order valence-corrected chi connectivity index (χ2v) is 7.03. The normalized spacial score (nSPS) is 20.6. The van der Waals surface area contributed by atoms with Crippen LogP contribution in [-0.4, -0.2) is 40.2 Å². The van der Waals surface area contributed by atoms with Crippen LogP contribution in [0.3, 0.4) is 0 Å². The van der Waals surface area contributed by atoms with Crippen molar-refractivity contribution in [1.29, 1.82) is 0 Å². The van der Waals surface area contributed by atoms with Crippen molar-refractivity contribution in [2.45, 2.75) is 50.7 Å². The van der Waals surface area contributed by atoms with Crippen molar-refractivity contribution in [2.75, 3.05) is 18.5 Å². The number of pyridine rings is 1. The summed E-state index contributed by atoms with van der Waals surface area (Å²) in [4.78, 5) is 4.53. The van der Waals surface area contributed by atoms with Gasteiger partial charge < -0.3 is 25.0 Å². The van der Waals surface area contributed by atoms with Gasteiger partial charge in [-0.05, 0) is 42.8 Å². The van der Waals surface area contributed by atoms with Crippen LogP contribution in [0.5, 0.6) is 0 Å². The van der Waals surface area contributed by atoms with E-state index in [2.05, 4.69) is 10.3 Å². The lowest BCUT2D eigenvalue weighted by Crippen LogP contribution is -2.39. The van der Waals surface area contributed by atoms with Gasteiger partial charge in [0.05, 0.1) is 13.2 Å². The van der Waals surface area contributed by atoms with E-state index in [1.165, 1.54) is 0 Å². The van der Waals surface area contributed by atoms with E-state index in [9.17, 15) is 10.2 Å². The van der Waals surface area contributed by atoms with E-state index >= 15 is 0 Å². The highest BCUT2D eigenvalue weighted by Gasteiger charge is 2.40. The van der Waals surface area contributed by atoms with Crippen molar-refractivity contribution in [3.8, 4) is 0 Å². The summed E-state index contributed by atoms with van der Waals surface area (Å²) in [6, 6.07) is 5.90. The number of rotatable bonds is 3. The third kappa shape index (κ3) is 3.35. The fourth-order valence-electron chi connectivity index (χ4n) is 3.89. The van der Waals surface area contributed by atoms with Crippen LogP contribution in [0.1, 0.15) is 43.1 Å². The van der Waals surface area contributed by atoms with Gasteiger partial charge in [-0.2, -0.15) is 0 Å². The summed E-state index contributed by atoms with van der Waals surface area (Å²) in [5, 5.41) is 24.4. The van der Waals surface area contributed by atoms with Gasteiger partial charge in [0, 0.05) is 36.0 Å². The Morgan fingerprint density at radius 3 is 2.56 bits per heavy atom. The van der Waals surface area contributed by atoms with E-state index in [1.807, 2.05) is 19.2 Å².